The van der Waals surface area contributed by atoms with Crippen LogP contribution in [-0.4, -0.2) is 8.42 Å². The molecule has 0 unspecified atom stereocenters. The van der Waals surface area contributed by atoms with Crippen molar-refractivity contribution in [1.29, 1.82) is 5.26 Å². The Hall–Kier alpha value is -2.04. The third-order valence-corrected chi connectivity index (χ3v) is 5.09. The highest BCUT2D eigenvalue weighted by atomic mass is 79.9. The van der Waals surface area contributed by atoms with Gasteiger partial charge < -0.3 is 0 Å². The first-order chi connectivity index (χ1) is 10.8. The molecule has 23 heavy (non-hydrogen) atoms. The molecule has 0 aromatic heterocycles. The summed E-state index contributed by atoms with van der Waals surface area (Å²) in [5.74, 6) is -2.10. The maximum Gasteiger partial charge on any atom is 0.192 e. The lowest BCUT2D eigenvalue weighted by molar-refractivity contribution is 0.581. The van der Waals surface area contributed by atoms with Crippen molar-refractivity contribution in [2.24, 2.45) is 0 Å². The molecule has 7 heteroatoms. The fourth-order valence-corrected chi connectivity index (χ4v) is 3.33. The fourth-order valence-electron chi connectivity index (χ4n) is 1.83. The Morgan fingerprint density at radius 1 is 1.17 bits per heavy atom. The molecule has 2 aromatic carbocycles. The minimum atomic E-state index is -3.94. The van der Waals surface area contributed by atoms with Crippen molar-refractivity contribution in [1.82, 2.24) is 0 Å². The highest BCUT2D eigenvalue weighted by Gasteiger charge is 2.19. The Bertz CT molecular complexity index is 901. The largest absolute Gasteiger partial charge is 0.223 e. The summed E-state index contributed by atoms with van der Waals surface area (Å²) in [6.45, 7) is 0. The van der Waals surface area contributed by atoms with Crippen molar-refractivity contribution in [3.8, 4) is 6.07 Å². The Labute approximate surface area is 140 Å². The summed E-state index contributed by atoms with van der Waals surface area (Å²) in [5.41, 5.74) is 0.330. The summed E-state index contributed by atoms with van der Waals surface area (Å²) in [6.07, 6.45) is 0.906. The van der Waals surface area contributed by atoms with Gasteiger partial charge in [0.25, 0.3) is 0 Å². The maximum atomic E-state index is 13.6. The van der Waals surface area contributed by atoms with Crippen molar-refractivity contribution < 1.29 is 17.2 Å². The monoisotopic (exact) mass is 397 g/mol. The molecule has 0 saturated carbocycles. The average molecular weight is 398 g/mol. The van der Waals surface area contributed by atoms with Gasteiger partial charge in [0.2, 0.25) is 0 Å². The van der Waals surface area contributed by atoms with Gasteiger partial charge in [0.05, 0.1) is 5.75 Å². The normalized spacial score (nSPS) is 12.0. The van der Waals surface area contributed by atoms with Crippen molar-refractivity contribution >= 4 is 31.8 Å². The van der Waals surface area contributed by atoms with Crippen molar-refractivity contribution in [3.05, 3.63) is 74.6 Å². The molecule has 0 aliphatic rings. The first-order valence-corrected chi connectivity index (χ1v) is 8.80. The van der Waals surface area contributed by atoms with Crippen LogP contribution < -0.4 is 0 Å². The van der Waals surface area contributed by atoms with Crippen LogP contribution in [-0.2, 0) is 15.6 Å². The molecule has 2 aromatic rings. The molecule has 0 heterocycles. The van der Waals surface area contributed by atoms with Gasteiger partial charge in [-0.05, 0) is 35.9 Å². The number of rotatable bonds is 4. The Balaban J connectivity index is 2.37. The van der Waals surface area contributed by atoms with E-state index in [9.17, 15) is 17.2 Å². The average Bonchev–Trinajstić information content (AvgIpc) is 2.48. The van der Waals surface area contributed by atoms with Gasteiger partial charge in [0, 0.05) is 16.1 Å². The molecular formula is C16H10BrF2NO2S. The Morgan fingerprint density at radius 3 is 2.39 bits per heavy atom. The van der Waals surface area contributed by atoms with Gasteiger partial charge in [0.1, 0.15) is 22.6 Å². The standard InChI is InChI=1S/C16H10BrF2NO2S/c17-13-4-1-11(2-5-13)10-23(21,22)15(9-20)7-12-3-6-14(18)8-16(12)19/h1-8H,10H2/b15-7-. The first kappa shape index (κ1) is 17.3. The molecule has 2 rings (SSSR count). The van der Waals surface area contributed by atoms with Crippen LogP contribution in [0.15, 0.2) is 51.8 Å². The molecular weight excluding hydrogens is 388 g/mol. The molecule has 0 aliphatic carbocycles. The van der Waals surface area contributed by atoms with Crippen LogP contribution >= 0.6 is 15.9 Å². The van der Waals surface area contributed by atoms with Gasteiger partial charge in [0.15, 0.2) is 9.84 Å². The molecule has 0 N–H and O–H groups in total. The summed E-state index contributed by atoms with van der Waals surface area (Å²) in [6, 6.07) is 10.8. The quantitative estimate of drug-likeness (QED) is 0.726. The minimum Gasteiger partial charge on any atom is -0.223 e. The number of allylic oxidation sites excluding steroid dienone is 1. The van der Waals surface area contributed by atoms with E-state index >= 15 is 0 Å². The van der Waals surface area contributed by atoms with E-state index in [-0.39, 0.29) is 11.3 Å². The smallest absolute Gasteiger partial charge is 0.192 e. The van der Waals surface area contributed by atoms with E-state index in [1.165, 1.54) is 0 Å². The molecule has 0 spiro atoms. The maximum absolute atomic E-state index is 13.6. The molecule has 0 radical (unpaired) electrons. The predicted octanol–water partition coefficient (Wildman–Crippen LogP) is 4.21. The third-order valence-electron chi connectivity index (χ3n) is 2.96. The number of hydrogen-bond donors (Lipinski definition) is 0. The van der Waals surface area contributed by atoms with E-state index in [1.54, 1.807) is 30.3 Å². The van der Waals surface area contributed by atoms with Gasteiger partial charge in [-0.25, -0.2) is 17.2 Å². The fraction of sp³-hybridized carbons (Fsp3) is 0.0625. The van der Waals surface area contributed by atoms with Crippen LogP contribution in [0, 0.1) is 23.0 Å². The van der Waals surface area contributed by atoms with E-state index in [4.69, 9.17) is 5.26 Å². The number of nitriles is 1. The SMILES string of the molecule is N#C/C(=C/c1ccc(F)cc1F)S(=O)(=O)Cc1ccc(Br)cc1. The topological polar surface area (TPSA) is 57.9 Å². The number of nitrogens with zero attached hydrogens (tertiary/aromatic N) is 1. The summed E-state index contributed by atoms with van der Waals surface area (Å²) >= 11 is 3.24. The lowest BCUT2D eigenvalue weighted by Crippen LogP contribution is -2.06. The second-order valence-corrected chi connectivity index (χ2v) is 7.55. The predicted molar refractivity (Wildman–Crippen MR) is 86.7 cm³/mol. The van der Waals surface area contributed by atoms with Crippen LogP contribution in [0.25, 0.3) is 6.08 Å². The molecule has 0 amide bonds. The number of sulfone groups is 1. The van der Waals surface area contributed by atoms with Crippen LogP contribution in [0.5, 0.6) is 0 Å². The minimum absolute atomic E-state index is 0.165. The number of halogens is 3. The summed E-state index contributed by atoms with van der Waals surface area (Å²) in [5, 5.41) is 9.09. The zero-order valence-corrected chi connectivity index (χ0v) is 14.0. The highest BCUT2D eigenvalue weighted by Crippen LogP contribution is 2.20. The lowest BCUT2D eigenvalue weighted by Gasteiger charge is -2.04. The second kappa shape index (κ2) is 7.02. The van der Waals surface area contributed by atoms with E-state index in [0.29, 0.717) is 11.6 Å². The van der Waals surface area contributed by atoms with Gasteiger partial charge in [-0.1, -0.05) is 28.1 Å². The molecule has 0 bridgehead atoms. The van der Waals surface area contributed by atoms with Crippen LogP contribution in [0.3, 0.4) is 0 Å². The third kappa shape index (κ3) is 4.47. The molecule has 0 aliphatic heterocycles. The van der Waals surface area contributed by atoms with Gasteiger partial charge in [-0.15, -0.1) is 0 Å². The Kier molecular flexibility index (Phi) is 5.29. The van der Waals surface area contributed by atoms with Crippen molar-refractivity contribution in [2.75, 3.05) is 0 Å². The van der Waals surface area contributed by atoms with Gasteiger partial charge >= 0.3 is 0 Å². The Morgan fingerprint density at radius 2 is 1.83 bits per heavy atom. The summed E-state index contributed by atoms with van der Waals surface area (Å²) in [7, 11) is -3.94. The van der Waals surface area contributed by atoms with E-state index < -0.39 is 26.4 Å². The molecule has 118 valence electrons. The second-order valence-electron chi connectivity index (χ2n) is 4.67. The van der Waals surface area contributed by atoms with Crippen molar-refractivity contribution in [2.45, 2.75) is 5.75 Å². The van der Waals surface area contributed by atoms with Crippen LogP contribution in [0.1, 0.15) is 11.1 Å². The first-order valence-electron chi connectivity index (χ1n) is 6.36. The molecule has 0 fully saturated rings. The van der Waals surface area contributed by atoms with E-state index in [1.807, 2.05) is 0 Å². The highest BCUT2D eigenvalue weighted by molar-refractivity contribution is 9.10. The van der Waals surface area contributed by atoms with Gasteiger partial charge in [-0.2, -0.15) is 5.26 Å². The van der Waals surface area contributed by atoms with Crippen molar-refractivity contribution in [3.63, 3.8) is 0 Å². The van der Waals surface area contributed by atoms with Crippen LogP contribution in [0.4, 0.5) is 8.78 Å². The number of benzene rings is 2. The van der Waals surface area contributed by atoms with Crippen LogP contribution in [0.2, 0.25) is 0 Å². The summed E-state index contributed by atoms with van der Waals surface area (Å²) in [4.78, 5) is -0.578. The van der Waals surface area contributed by atoms with E-state index in [0.717, 1.165) is 22.7 Å². The number of hydrogen-bond acceptors (Lipinski definition) is 3. The lowest BCUT2D eigenvalue weighted by atomic mass is 10.2. The van der Waals surface area contributed by atoms with E-state index in [2.05, 4.69) is 15.9 Å². The zero-order chi connectivity index (χ0) is 17.0. The summed E-state index contributed by atoms with van der Waals surface area (Å²) < 4.78 is 51.9. The van der Waals surface area contributed by atoms with Gasteiger partial charge in [-0.3, -0.25) is 0 Å². The molecule has 3 nitrogen and oxygen atoms in total. The molecule has 0 atom stereocenters. The zero-order valence-electron chi connectivity index (χ0n) is 11.6. The molecule has 0 saturated heterocycles.